The number of anilines is 2. The van der Waals surface area contributed by atoms with Crippen LogP contribution in [0, 0.1) is 5.82 Å². The molecule has 0 spiro atoms. The van der Waals surface area contributed by atoms with E-state index in [2.05, 4.69) is 15.6 Å². The van der Waals surface area contributed by atoms with Gasteiger partial charge in [-0.15, -0.1) is 0 Å². The van der Waals surface area contributed by atoms with E-state index >= 15 is 0 Å². The van der Waals surface area contributed by atoms with E-state index in [1.54, 1.807) is 13.0 Å². The number of carbonyl (C=O) groups is 2. The van der Waals surface area contributed by atoms with Gasteiger partial charge in [0.05, 0.1) is 17.0 Å². The number of carbonyl (C=O) groups excluding carboxylic acids is 1. The van der Waals surface area contributed by atoms with Gasteiger partial charge in [0.1, 0.15) is 17.3 Å². The standard InChI is InChI=1S/C25H19FN4O4/c1-13-22(24(32)30(29-13)19-8-7-14-5-6-15(14)10-19)28-27-21-12-18(26)11-20(23(21)31)16-3-2-4-17(9-16)25(33)34/h2-4,7-12,27,31H,5-6H2,1H3,(H,33,34). The van der Waals surface area contributed by atoms with Crippen molar-refractivity contribution in [2.45, 2.75) is 19.8 Å². The minimum atomic E-state index is -1.14. The minimum Gasteiger partial charge on any atom is -0.505 e. The number of nitrogens with one attached hydrogen (secondary N) is 1. The summed E-state index contributed by atoms with van der Waals surface area (Å²) >= 11 is 0. The van der Waals surface area contributed by atoms with Gasteiger partial charge in [0.25, 0.3) is 0 Å². The summed E-state index contributed by atoms with van der Waals surface area (Å²) in [6.45, 7) is 1.63. The Bertz CT molecular complexity index is 1430. The Hall–Kier alpha value is -4.53. The number of hydrogen-bond donors (Lipinski definition) is 3. The molecule has 3 N–H and O–H groups in total. The number of aromatic carboxylic acids is 1. The number of hydrogen-bond acceptors (Lipinski definition) is 6. The average molecular weight is 458 g/mol. The van der Waals surface area contributed by atoms with Crippen molar-refractivity contribution in [1.82, 2.24) is 0 Å². The van der Waals surface area contributed by atoms with E-state index in [0.717, 1.165) is 25.0 Å². The van der Waals surface area contributed by atoms with Crippen LogP contribution in [-0.2, 0) is 17.6 Å². The molecule has 3 aromatic rings. The summed E-state index contributed by atoms with van der Waals surface area (Å²) in [5, 5.41) is 29.6. The number of benzene rings is 3. The highest BCUT2D eigenvalue weighted by atomic mass is 19.1. The molecule has 1 aliphatic heterocycles. The number of fused-ring (bicyclic) bond motifs is 1. The SMILES string of the molecule is CC1=NN(c2ccc3c(c2)CC3)C(=O)C1=NNc1cc(F)cc(-c2cccc(C(=O)O)c2)c1O. The Labute approximate surface area is 193 Å². The molecular formula is C25H19FN4O4. The van der Waals surface area contributed by atoms with Crippen molar-refractivity contribution in [1.29, 1.82) is 0 Å². The van der Waals surface area contributed by atoms with Crippen LogP contribution < -0.4 is 10.4 Å². The van der Waals surface area contributed by atoms with Crippen molar-refractivity contribution in [3.05, 3.63) is 77.1 Å². The van der Waals surface area contributed by atoms with E-state index in [1.807, 2.05) is 18.2 Å². The van der Waals surface area contributed by atoms with Crippen molar-refractivity contribution >= 4 is 34.7 Å². The monoisotopic (exact) mass is 458 g/mol. The summed E-state index contributed by atoms with van der Waals surface area (Å²) in [5.74, 6) is -2.61. The largest absolute Gasteiger partial charge is 0.505 e. The second-order valence-electron chi connectivity index (χ2n) is 8.06. The molecule has 1 heterocycles. The maximum atomic E-state index is 14.4. The van der Waals surface area contributed by atoms with Gasteiger partial charge in [0.15, 0.2) is 5.71 Å². The minimum absolute atomic E-state index is 0.00440. The second-order valence-corrected chi connectivity index (χ2v) is 8.06. The van der Waals surface area contributed by atoms with E-state index in [0.29, 0.717) is 17.0 Å². The van der Waals surface area contributed by atoms with Gasteiger partial charge in [-0.25, -0.2) is 9.18 Å². The Kier molecular flexibility index (Phi) is 5.09. The number of aryl methyl sites for hydroxylation is 2. The number of aromatic hydroxyl groups is 1. The summed E-state index contributed by atoms with van der Waals surface area (Å²) in [5.41, 5.74) is 6.36. The molecule has 0 aromatic heterocycles. The zero-order chi connectivity index (χ0) is 24.0. The van der Waals surface area contributed by atoms with Crippen LogP contribution in [0.3, 0.4) is 0 Å². The van der Waals surface area contributed by atoms with Gasteiger partial charge in [0, 0.05) is 11.6 Å². The van der Waals surface area contributed by atoms with Crippen LogP contribution in [0.25, 0.3) is 11.1 Å². The highest BCUT2D eigenvalue weighted by molar-refractivity contribution is 6.71. The Morgan fingerprint density at radius 2 is 1.91 bits per heavy atom. The van der Waals surface area contributed by atoms with Gasteiger partial charge < -0.3 is 10.2 Å². The number of carboxylic acids is 1. The highest BCUT2D eigenvalue weighted by Crippen LogP contribution is 2.37. The molecule has 2 aliphatic rings. The van der Waals surface area contributed by atoms with Crippen molar-refractivity contribution in [2.24, 2.45) is 10.2 Å². The molecule has 0 bridgehead atoms. The van der Waals surface area contributed by atoms with Crippen LogP contribution in [0.15, 0.2) is 64.8 Å². The molecule has 0 unspecified atom stereocenters. The third kappa shape index (κ3) is 3.66. The quantitative estimate of drug-likeness (QED) is 0.392. The van der Waals surface area contributed by atoms with Gasteiger partial charge in [0.2, 0.25) is 0 Å². The maximum absolute atomic E-state index is 14.4. The molecule has 0 atom stereocenters. The Morgan fingerprint density at radius 3 is 2.62 bits per heavy atom. The number of phenols is 1. The van der Waals surface area contributed by atoms with E-state index in [1.165, 1.54) is 34.3 Å². The molecule has 9 heteroatoms. The second kappa shape index (κ2) is 8.11. The van der Waals surface area contributed by atoms with E-state index in [4.69, 9.17) is 0 Å². The number of halogens is 1. The molecule has 1 aliphatic carbocycles. The lowest BCUT2D eigenvalue weighted by atomic mass is 9.88. The first kappa shape index (κ1) is 21.3. The fraction of sp³-hybridized carbons (Fsp3) is 0.120. The summed E-state index contributed by atoms with van der Waals surface area (Å²) in [6.07, 6.45) is 2.00. The predicted molar refractivity (Wildman–Crippen MR) is 126 cm³/mol. The molecule has 170 valence electrons. The maximum Gasteiger partial charge on any atom is 0.335 e. The predicted octanol–water partition coefficient (Wildman–Crippen LogP) is 4.19. The number of nitrogens with zero attached hydrogens (tertiary/aromatic N) is 3. The first-order valence-electron chi connectivity index (χ1n) is 10.5. The third-order valence-electron chi connectivity index (χ3n) is 5.87. The van der Waals surface area contributed by atoms with E-state index in [9.17, 15) is 24.2 Å². The van der Waals surface area contributed by atoms with Gasteiger partial charge in [-0.1, -0.05) is 18.2 Å². The van der Waals surface area contributed by atoms with Crippen LogP contribution >= 0.6 is 0 Å². The molecule has 0 radical (unpaired) electrons. The lowest BCUT2D eigenvalue weighted by Gasteiger charge is -2.21. The summed E-state index contributed by atoms with van der Waals surface area (Å²) < 4.78 is 14.4. The number of rotatable bonds is 5. The number of hydrazone groups is 2. The fourth-order valence-corrected chi connectivity index (χ4v) is 3.96. The summed E-state index contributed by atoms with van der Waals surface area (Å²) in [7, 11) is 0. The first-order valence-corrected chi connectivity index (χ1v) is 10.5. The third-order valence-corrected chi connectivity index (χ3v) is 5.87. The summed E-state index contributed by atoms with van der Waals surface area (Å²) in [4.78, 5) is 24.2. The van der Waals surface area contributed by atoms with Gasteiger partial charge >= 0.3 is 11.9 Å². The van der Waals surface area contributed by atoms with Crippen molar-refractivity contribution in [3.63, 3.8) is 0 Å². The number of phenolic OH excluding ortho intramolecular Hbond substituents is 1. The summed E-state index contributed by atoms with van der Waals surface area (Å²) in [6, 6.07) is 13.6. The molecule has 0 fully saturated rings. The lowest BCUT2D eigenvalue weighted by Crippen LogP contribution is -2.28. The molecule has 3 aromatic carbocycles. The van der Waals surface area contributed by atoms with Crippen molar-refractivity contribution < 1.29 is 24.2 Å². The lowest BCUT2D eigenvalue weighted by molar-refractivity contribution is -0.112. The van der Waals surface area contributed by atoms with Crippen LogP contribution in [0.5, 0.6) is 5.75 Å². The van der Waals surface area contributed by atoms with Gasteiger partial charge in [-0.05, 0) is 66.8 Å². The first-order chi connectivity index (χ1) is 16.3. The normalized spacial score (nSPS) is 15.7. The number of carboxylic acid groups (broad SMARTS) is 1. The Balaban J connectivity index is 1.43. The fourth-order valence-electron chi connectivity index (χ4n) is 3.96. The van der Waals surface area contributed by atoms with Crippen LogP contribution in [0.1, 0.15) is 28.4 Å². The van der Waals surface area contributed by atoms with Crippen molar-refractivity contribution in [2.75, 3.05) is 10.4 Å². The highest BCUT2D eigenvalue weighted by Gasteiger charge is 2.31. The molecule has 8 nitrogen and oxygen atoms in total. The zero-order valence-corrected chi connectivity index (χ0v) is 18.0. The Morgan fingerprint density at radius 1 is 1.12 bits per heavy atom. The molecule has 0 saturated heterocycles. The molecule has 1 amide bonds. The molecule has 5 rings (SSSR count). The van der Waals surface area contributed by atoms with Gasteiger partial charge in [-0.2, -0.15) is 15.2 Å². The topological polar surface area (TPSA) is 115 Å². The van der Waals surface area contributed by atoms with E-state index in [-0.39, 0.29) is 28.3 Å². The van der Waals surface area contributed by atoms with E-state index < -0.39 is 17.7 Å². The molecule has 34 heavy (non-hydrogen) atoms. The molecular weight excluding hydrogens is 439 g/mol. The van der Waals surface area contributed by atoms with Crippen LogP contribution in [-0.4, -0.2) is 33.5 Å². The zero-order valence-electron chi connectivity index (χ0n) is 18.0. The average Bonchev–Trinajstić information content (AvgIpc) is 3.08. The van der Waals surface area contributed by atoms with Crippen LogP contribution in [0.2, 0.25) is 0 Å². The van der Waals surface area contributed by atoms with Gasteiger partial charge in [-0.3, -0.25) is 10.2 Å². The number of amides is 1. The molecule has 0 saturated carbocycles. The van der Waals surface area contributed by atoms with Crippen LogP contribution in [0.4, 0.5) is 15.8 Å². The van der Waals surface area contributed by atoms with Crippen molar-refractivity contribution in [3.8, 4) is 16.9 Å². The smallest absolute Gasteiger partial charge is 0.335 e.